The van der Waals surface area contributed by atoms with Crippen molar-refractivity contribution in [1.82, 2.24) is 4.57 Å². The van der Waals surface area contributed by atoms with Gasteiger partial charge in [0, 0.05) is 19.2 Å². The van der Waals surface area contributed by atoms with Gasteiger partial charge in [-0.15, -0.1) is 0 Å². The standard InChI is InChI=1S/C22H20N2O5S/c1-3-28-11-10-24-16-9-8-14(27-2)12-20(16)30-22(24)23-21(26)19-13-17(25)15-6-4-5-7-18(15)29-19/h4-9,12-13H,3,10-11H2,1-2H3. The molecule has 4 rings (SSSR count). The average Bonchev–Trinajstić information content (AvgIpc) is 3.10. The molecule has 0 unspecified atom stereocenters. The third-order valence-corrected chi connectivity index (χ3v) is 5.64. The zero-order valence-corrected chi connectivity index (χ0v) is 17.4. The van der Waals surface area contributed by atoms with Crippen molar-refractivity contribution in [2.45, 2.75) is 13.5 Å². The summed E-state index contributed by atoms with van der Waals surface area (Å²) in [6, 6.07) is 13.7. The van der Waals surface area contributed by atoms with E-state index >= 15 is 0 Å². The highest BCUT2D eigenvalue weighted by Gasteiger charge is 2.14. The Kier molecular flexibility index (Phi) is 5.78. The number of ether oxygens (including phenoxy) is 2. The van der Waals surface area contributed by atoms with Gasteiger partial charge in [0.15, 0.2) is 16.0 Å². The average molecular weight is 424 g/mol. The van der Waals surface area contributed by atoms with E-state index < -0.39 is 5.91 Å². The van der Waals surface area contributed by atoms with Crippen molar-refractivity contribution in [2.24, 2.45) is 4.99 Å². The number of carbonyl (C=O) groups excluding carboxylic acids is 1. The first-order valence-electron chi connectivity index (χ1n) is 9.47. The highest BCUT2D eigenvalue weighted by molar-refractivity contribution is 7.16. The fraction of sp³-hybridized carbons (Fsp3) is 0.227. The van der Waals surface area contributed by atoms with E-state index in [1.807, 2.05) is 29.7 Å². The number of methoxy groups -OCH3 is 1. The number of benzene rings is 2. The highest BCUT2D eigenvalue weighted by Crippen LogP contribution is 2.23. The summed E-state index contributed by atoms with van der Waals surface area (Å²) in [6.07, 6.45) is 0. The van der Waals surface area contributed by atoms with Crippen molar-refractivity contribution < 1.29 is 18.7 Å². The molecule has 0 radical (unpaired) electrons. The molecule has 0 N–H and O–H groups in total. The number of thiazole rings is 1. The molecule has 154 valence electrons. The maximum absolute atomic E-state index is 12.8. The van der Waals surface area contributed by atoms with Crippen LogP contribution in [-0.2, 0) is 11.3 Å². The summed E-state index contributed by atoms with van der Waals surface area (Å²) in [5.74, 6) is 0.0192. The van der Waals surface area contributed by atoms with Gasteiger partial charge in [-0.25, -0.2) is 0 Å². The van der Waals surface area contributed by atoms with Crippen LogP contribution >= 0.6 is 11.3 Å². The minimum absolute atomic E-state index is 0.0925. The number of para-hydroxylation sites is 1. The normalized spacial score (nSPS) is 12.0. The minimum atomic E-state index is -0.610. The Bertz CT molecular complexity index is 1350. The maximum atomic E-state index is 12.8. The largest absolute Gasteiger partial charge is 0.497 e. The summed E-state index contributed by atoms with van der Waals surface area (Å²) in [6.45, 7) is 3.55. The number of rotatable bonds is 6. The second kappa shape index (κ2) is 8.64. The highest BCUT2D eigenvalue weighted by atomic mass is 32.1. The van der Waals surface area contributed by atoms with E-state index in [4.69, 9.17) is 13.9 Å². The second-order valence-electron chi connectivity index (χ2n) is 6.45. The van der Waals surface area contributed by atoms with E-state index in [1.165, 1.54) is 17.4 Å². The predicted octanol–water partition coefficient (Wildman–Crippen LogP) is 3.60. The third-order valence-electron chi connectivity index (χ3n) is 4.60. The Morgan fingerprint density at radius 2 is 2.03 bits per heavy atom. The van der Waals surface area contributed by atoms with E-state index in [9.17, 15) is 9.59 Å². The molecule has 0 spiro atoms. The van der Waals surface area contributed by atoms with Crippen LogP contribution in [0.25, 0.3) is 21.2 Å². The molecule has 2 heterocycles. The Morgan fingerprint density at radius 1 is 1.20 bits per heavy atom. The molecule has 0 saturated heterocycles. The van der Waals surface area contributed by atoms with E-state index in [2.05, 4.69) is 4.99 Å². The van der Waals surface area contributed by atoms with Crippen LogP contribution in [-0.4, -0.2) is 30.8 Å². The molecule has 7 nitrogen and oxygen atoms in total. The van der Waals surface area contributed by atoms with Crippen molar-refractivity contribution in [3.63, 3.8) is 0 Å². The van der Waals surface area contributed by atoms with Gasteiger partial charge in [-0.1, -0.05) is 23.5 Å². The lowest BCUT2D eigenvalue weighted by atomic mass is 10.2. The number of hydrogen-bond acceptors (Lipinski definition) is 6. The first kappa shape index (κ1) is 20.1. The van der Waals surface area contributed by atoms with Crippen LogP contribution < -0.4 is 15.0 Å². The summed E-state index contributed by atoms with van der Waals surface area (Å²) in [5.41, 5.74) is 1.00. The second-order valence-corrected chi connectivity index (χ2v) is 7.46. The van der Waals surface area contributed by atoms with Gasteiger partial charge in [0.1, 0.15) is 11.3 Å². The molecule has 0 aliphatic rings. The molecule has 0 aliphatic heterocycles. The number of nitrogens with zero attached hydrogens (tertiary/aromatic N) is 2. The van der Waals surface area contributed by atoms with Gasteiger partial charge in [-0.05, 0) is 37.3 Å². The molecule has 0 bridgehead atoms. The van der Waals surface area contributed by atoms with Crippen LogP contribution in [0.3, 0.4) is 0 Å². The minimum Gasteiger partial charge on any atom is -0.497 e. The van der Waals surface area contributed by atoms with Gasteiger partial charge in [0.05, 0.1) is 29.3 Å². The summed E-state index contributed by atoms with van der Waals surface area (Å²) < 4.78 is 19.3. The lowest BCUT2D eigenvalue weighted by Crippen LogP contribution is -2.20. The molecule has 1 amide bonds. The number of amides is 1. The zero-order valence-electron chi connectivity index (χ0n) is 16.6. The first-order valence-corrected chi connectivity index (χ1v) is 10.3. The number of fused-ring (bicyclic) bond motifs is 2. The maximum Gasteiger partial charge on any atom is 0.315 e. The van der Waals surface area contributed by atoms with Crippen molar-refractivity contribution in [2.75, 3.05) is 20.3 Å². The SMILES string of the molecule is CCOCCn1c(=NC(=O)c2cc(=O)c3ccccc3o2)sc2cc(OC)ccc21. The fourth-order valence-corrected chi connectivity index (χ4v) is 4.22. The van der Waals surface area contributed by atoms with E-state index in [-0.39, 0.29) is 11.2 Å². The van der Waals surface area contributed by atoms with Crippen molar-refractivity contribution in [3.8, 4) is 5.75 Å². The predicted molar refractivity (Wildman–Crippen MR) is 115 cm³/mol. The zero-order chi connectivity index (χ0) is 21.1. The molecule has 0 aliphatic carbocycles. The van der Waals surface area contributed by atoms with Crippen LogP contribution in [0.1, 0.15) is 17.5 Å². The lowest BCUT2D eigenvalue weighted by molar-refractivity contribution is 0.0971. The first-order chi connectivity index (χ1) is 14.6. The monoisotopic (exact) mass is 424 g/mol. The van der Waals surface area contributed by atoms with Crippen LogP contribution in [0.15, 0.2) is 62.7 Å². The van der Waals surface area contributed by atoms with E-state index in [0.29, 0.717) is 35.5 Å². The van der Waals surface area contributed by atoms with Gasteiger partial charge in [0.2, 0.25) is 0 Å². The topological polar surface area (TPSA) is 83.0 Å². The van der Waals surface area contributed by atoms with Crippen molar-refractivity contribution in [3.05, 3.63) is 69.3 Å². The molecule has 0 atom stereocenters. The quantitative estimate of drug-likeness (QED) is 0.442. The summed E-state index contributed by atoms with van der Waals surface area (Å²) >= 11 is 1.36. The Morgan fingerprint density at radius 3 is 2.83 bits per heavy atom. The van der Waals surface area contributed by atoms with E-state index in [0.717, 1.165) is 16.0 Å². The summed E-state index contributed by atoms with van der Waals surface area (Å²) in [5, 5.41) is 0.426. The van der Waals surface area contributed by atoms with Crippen LogP contribution in [0.4, 0.5) is 0 Å². The Balaban J connectivity index is 1.81. The third kappa shape index (κ3) is 3.92. The van der Waals surface area contributed by atoms with Gasteiger partial charge < -0.3 is 18.5 Å². The fourth-order valence-electron chi connectivity index (χ4n) is 3.13. The molecule has 0 fully saturated rings. The van der Waals surface area contributed by atoms with Crippen LogP contribution in [0, 0.1) is 0 Å². The smallest absolute Gasteiger partial charge is 0.315 e. The van der Waals surface area contributed by atoms with E-state index in [1.54, 1.807) is 31.4 Å². The molecule has 30 heavy (non-hydrogen) atoms. The summed E-state index contributed by atoms with van der Waals surface area (Å²) in [7, 11) is 1.61. The van der Waals surface area contributed by atoms with Gasteiger partial charge in [-0.2, -0.15) is 4.99 Å². The molecule has 0 saturated carbocycles. The molecular weight excluding hydrogens is 404 g/mol. The molecule has 8 heteroatoms. The number of carbonyl (C=O) groups is 1. The molecule has 4 aromatic rings. The van der Waals surface area contributed by atoms with Crippen LogP contribution in [0.2, 0.25) is 0 Å². The van der Waals surface area contributed by atoms with Gasteiger partial charge in [0.25, 0.3) is 0 Å². The van der Waals surface area contributed by atoms with Crippen molar-refractivity contribution >= 4 is 38.4 Å². The number of aromatic nitrogens is 1. The summed E-state index contributed by atoms with van der Waals surface area (Å²) in [4.78, 5) is 29.9. The molecule has 2 aromatic heterocycles. The van der Waals surface area contributed by atoms with Crippen LogP contribution in [0.5, 0.6) is 5.75 Å². The van der Waals surface area contributed by atoms with Crippen molar-refractivity contribution in [1.29, 1.82) is 0 Å². The Hall–Kier alpha value is -3.23. The number of hydrogen-bond donors (Lipinski definition) is 0. The molecule has 2 aromatic carbocycles. The van der Waals surface area contributed by atoms with Gasteiger partial charge >= 0.3 is 5.91 Å². The molecular formula is C22H20N2O5S. The lowest BCUT2D eigenvalue weighted by Gasteiger charge is -2.06. The Labute approximate surface area is 175 Å². The van der Waals surface area contributed by atoms with Gasteiger partial charge in [-0.3, -0.25) is 9.59 Å².